The largest absolute Gasteiger partial charge is 0.384 e. The van der Waals surface area contributed by atoms with Crippen LogP contribution >= 0.6 is 0 Å². The number of hydrogen-bond acceptors (Lipinski definition) is 6. The van der Waals surface area contributed by atoms with E-state index in [-0.39, 0.29) is 18.0 Å². The average Bonchev–Trinajstić information content (AvgIpc) is 2.52. The van der Waals surface area contributed by atoms with Crippen molar-refractivity contribution in [1.29, 1.82) is 0 Å². The van der Waals surface area contributed by atoms with Crippen LogP contribution in [0.1, 0.15) is 11.3 Å². The highest BCUT2D eigenvalue weighted by atomic mass is 32.2. The molecule has 0 radical (unpaired) electrons. The third-order valence-corrected chi connectivity index (χ3v) is 3.77. The Morgan fingerprint density at radius 3 is 2.90 bits per heavy atom. The molecular formula is C13H12N4O3S. The molecule has 108 valence electrons. The predicted octanol–water partition coefficient (Wildman–Crippen LogP) is -0.306. The Bertz CT molecular complexity index is 767. The third-order valence-electron chi connectivity index (χ3n) is 2.41. The molecule has 0 aliphatic heterocycles. The summed E-state index contributed by atoms with van der Waals surface area (Å²) in [6, 6.07) is 4.72. The molecular weight excluding hydrogens is 292 g/mol. The van der Waals surface area contributed by atoms with E-state index in [2.05, 4.69) is 31.7 Å². The smallest absolute Gasteiger partial charge is 0.242 e. The molecule has 0 spiro atoms. The first-order chi connectivity index (χ1) is 10.1. The second-order valence-corrected chi connectivity index (χ2v) is 5.68. The van der Waals surface area contributed by atoms with E-state index in [1.165, 1.54) is 24.7 Å². The van der Waals surface area contributed by atoms with E-state index in [1.54, 1.807) is 12.1 Å². The van der Waals surface area contributed by atoms with Gasteiger partial charge in [0.2, 0.25) is 10.0 Å². The van der Waals surface area contributed by atoms with Crippen LogP contribution in [-0.2, 0) is 16.6 Å². The molecule has 2 aromatic rings. The van der Waals surface area contributed by atoms with Crippen LogP contribution in [0.4, 0.5) is 0 Å². The fraction of sp³-hybridized carbons (Fsp3) is 0.154. The number of sulfonamides is 1. The van der Waals surface area contributed by atoms with Crippen molar-refractivity contribution in [3.05, 3.63) is 48.0 Å². The Morgan fingerprint density at radius 1 is 1.33 bits per heavy atom. The van der Waals surface area contributed by atoms with Gasteiger partial charge in [-0.3, -0.25) is 4.98 Å². The topological polar surface area (TPSA) is 105 Å². The van der Waals surface area contributed by atoms with Gasteiger partial charge >= 0.3 is 0 Å². The van der Waals surface area contributed by atoms with Gasteiger partial charge in [0.15, 0.2) is 0 Å². The van der Waals surface area contributed by atoms with Crippen LogP contribution in [0.25, 0.3) is 0 Å². The number of hydrogen-bond donors (Lipinski definition) is 2. The summed E-state index contributed by atoms with van der Waals surface area (Å²) in [5.74, 6) is 5.04. The lowest BCUT2D eigenvalue weighted by atomic mass is 10.3. The highest BCUT2D eigenvalue weighted by Gasteiger charge is 2.14. The summed E-state index contributed by atoms with van der Waals surface area (Å²) in [7, 11) is -3.72. The molecule has 0 aliphatic carbocycles. The molecule has 0 fully saturated rings. The number of aliphatic hydroxyl groups is 1. The lowest BCUT2D eigenvalue weighted by Crippen LogP contribution is -2.24. The Balaban J connectivity index is 2.16. The minimum absolute atomic E-state index is 0.00358. The van der Waals surface area contributed by atoms with Gasteiger partial charge in [0, 0.05) is 24.2 Å². The summed E-state index contributed by atoms with van der Waals surface area (Å²) in [5.41, 5.74) is 0.914. The second-order valence-electron chi connectivity index (χ2n) is 3.91. The maximum Gasteiger partial charge on any atom is 0.242 e. The zero-order valence-corrected chi connectivity index (χ0v) is 11.7. The summed E-state index contributed by atoms with van der Waals surface area (Å²) in [6.45, 7) is -0.273. The Morgan fingerprint density at radius 2 is 2.19 bits per heavy atom. The van der Waals surface area contributed by atoms with Crippen molar-refractivity contribution in [2.75, 3.05) is 6.61 Å². The van der Waals surface area contributed by atoms with Crippen molar-refractivity contribution in [2.45, 2.75) is 11.4 Å². The number of nitrogens with zero attached hydrogens (tertiary/aromatic N) is 3. The van der Waals surface area contributed by atoms with Gasteiger partial charge in [0.05, 0.1) is 12.2 Å². The maximum atomic E-state index is 12.1. The fourth-order valence-corrected chi connectivity index (χ4v) is 2.44. The fourth-order valence-electron chi connectivity index (χ4n) is 1.46. The summed E-state index contributed by atoms with van der Waals surface area (Å²) >= 11 is 0. The van der Waals surface area contributed by atoms with E-state index in [9.17, 15) is 8.42 Å². The first kappa shape index (κ1) is 15.1. The third kappa shape index (κ3) is 4.32. The van der Waals surface area contributed by atoms with E-state index in [4.69, 9.17) is 5.11 Å². The molecule has 2 heterocycles. The first-order valence-electron chi connectivity index (χ1n) is 5.93. The van der Waals surface area contributed by atoms with Crippen LogP contribution in [0.15, 0.2) is 41.7 Å². The number of rotatable bonds is 4. The molecule has 0 amide bonds. The normalized spacial score (nSPS) is 10.7. The molecule has 0 saturated carbocycles. The molecule has 0 aliphatic rings. The van der Waals surface area contributed by atoms with Crippen LogP contribution in [-0.4, -0.2) is 35.3 Å². The van der Waals surface area contributed by atoms with Gasteiger partial charge in [-0.2, -0.15) is 10.2 Å². The van der Waals surface area contributed by atoms with Gasteiger partial charge in [-0.1, -0.05) is 11.8 Å². The Hall–Kier alpha value is -2.34. The van der Waals surface area contributed by atoms with Gasteiger partial charge in [-0.15, -0.1) is 0 Å². The van der Waals surface area contributed by atoms with Crippen LogP contribution in [0, 0.1) is 11.8 Å². The van der Waals surface area contributed by atoms with Crippen LogP contribution in [0.3, 0.4) is 0 Å². The lowest BCUT2D eigenvalue weighted by molar-refractivity contribution is 0.350. The van der Waals surface area contributed by atoms with Gasteiger partial charge < -0.3 is 5.11 Å². The molecule has 2 rings (SSSR count). The van der Waals surface area contributed by atoms with Gasteiger partial charge in [-0.25, -0.2) is 13.1 Å². The number of aromatic nitrogens is 3. The van der Waals surface area contributed by atoms with E-state index in [1.807, 2.05) is 0 Å². The summed E-state index contributed by atoms with van der Waals surface area (Å²) in [6.07, 6.45) is 4.15. The van der Waals surface area contributed by atoms with Gasteiger partial charge in [0.1, 0.15) is 11.5 Å². The molecule has 0 atom stereocenters. The predicted molar refractivity (Wildman–Crippen MR) is 74.3 cm³/mol. The molecule has 0 saturated heterocycles. The van der Waals surface area contributed by atoms with Crippen molar-refractivity contribution in [3.8, 4) is 11.8 Å². The quantitative estimate of drug-likeness (QED) is 0.751. The van der Waals surface area contributed by atoms with Gasteiger partial charge in [-0.05, 0) is 18.2 Å². The minimum atomic E-state index is -3.72. The van der Waals surface area contributed by atoms with Crippen molar-refractivity contribution >= 4 is 10.0 Å². The van der Waals surface area contributed by atoms with Crippen LogP contribution in [0.5, 0.6) is 0 Å². The van der Waals surface area contributed by atoms with E-state index in [0.29, 0.717) is 11.3 Å². The lowest BCUT2D eigenvalue weighted by Gasteiger charge is -2.05. The van der Waals surface area contributed by atoms with Crippen molar-refractivity contribution in [2.24, 2.45) is 0 Å². The molecule has 0 aromatic carbocycles. The SMILES string of the molecule is O=S(=O)(NCc1cccnn1)c1cncc(C#CCO)c1. The minimum Gasteiger partial charge on any atom is -0.384 e. The Labute approximate surface area is 122 Å². The highest BCUT2D eigenvalue weighted by molar-refractivity contribution is 7.89. The Kier molecular flexibility index (Phi) is 4.94. The number of pyridine rings is 1. The monoisotopic (exact) mass is 304 g/mol. The zero-order chi connectivity index (χ0) is 15.1. The molecule has 8 heteroatoms. The molecule has 0 unspecified atom stereocenters. The van der Waals surface area contributed by atoms with Crippen molar-refractivity contribution < 1.29 is 13.5 Å². The standard InChI is InChI=1S/C13H12N4O3S/c18-6-2-3-11-7-13(10-14-8-11)21(19,20)16-9-12-4-1-5-15-17-12/h1,4-5,7-8,10,16,18H,6,9H2. The van der Waals surface area contributed by atoms with Crippen molar-refractivity contribution in [3.63, 3.8) is 0 Å². The van der Waals surface area contributed by atoms with E-state index >= 15 is 0 Å². The summed E-state index contributed by atoms with van der Waals surface area (Å²) in [5, 5.41) is 16.1. The summed E-state index contributed by atoms with van der Waals surface area (Å²) in [4.78, 5) is 3.82. The molecule has 21 heavy (non-hydrogen) atoms. The molecule has 7 nitrogen and oxygen atoms in total. The number of nitrogens with one attached hydrogen (secondary N) is 1. The van der Waals surface area contributed by atoms with E-state index < -0.39 is 10.0 Å². The molecule has 2 N–H and O–H groups in total. The first-order valence-corrected chi connectivity index (χ1v) is 7.41. The number of aliphatic hydroxyl groups excluding tert-OH is 1. The molecule has 0 bridgehead atoms. The van der Waals surface area contributed by atoms with Crippen molar-refractivity contribution in [1.82, 2.24) is 19.9 Å². The summed E-state index contributed by atoms with van der Waals surface area (Å²) < 4.78 is 26.7. The maximum absolute atomic E-state index is 12.1. The zero-order valence-electron chi connectivity index (χ0n) is 10.9. The average molecular weight is 304 g/mol. The van der Waals surface area contributed by atoms with Gasteiger partial charge in [0.25, 0.3) is 0 Å². The molecule has 2 aromatic heterocycles. The van der Waals surface area contributed by atoms with Crippen LogP contribution < -0.4 is 4.72 Å². The van der Waals surface area contributed by atoms with E-state index in [0.717, 1.165) is 0 Å². The second kappa shape index (κ2) is 6.90. The van der Waals surface area contributed by atoms with Crippen LogP contribution in [0.2, 0.25) is 0 Å². The highest BCUT2D eigenvalue weighted by Crippen LogP contribution is 2.09.